The summed E-state index contributed by atoms with van der Waals surface area (Å²) in [5.74, 6) is 0. The molecule has 0 aliphatic carbocycles. The van der Waals surface area contributed by atoms with E-state index in [4.69, 9.17) is 10.5 Å². The maximum Gasteiger partial charge on any atom is 0.180 e. The lowest BCUT2D eigenvalue weighted by atomic mass is 10.2. The van der Waals surface area contributed by atoms with Crippen LogP contribution in [0.2, 0.25) is 0 Å². The normalized spacial score (nSPS) is 12.9. The Hall–Kier alpha value is -0.580. The number of rotatable bonds is 2. The summed E-state index contributed by atoms with van der Waals surface area (Å²) in [7, 11) is 1.44. The third-order valence-corrected chi connectivity index (χ3v) is 2.22. The molecule has 1 aromatic rings. The van der Waals surface area contributed by atoms with Gasteiger partial charge in [0.2, 0.25) is 0 Å². The highest BCUT2D eigenvalue weighted by Gasteiger charge is 2.06. The molecule has 0 spiro atoms. The summed E-state index contributed by atoms with van der Waals surface area (Å²) >= 11 is 3.25. The lowest BCUT2D eigenvalue weighted by Gasteiger charge is -2.09. The van der Waals surface area contributed by atoms with Crippen molar-refractivity contribution >= 4 is 21.6 Å². The van der Waals surface area contributed by atoms with E-state index in [1.807, 2.05) is 0 Å². The van der Waals surface area contributed by atoms with Gasteiger partial charge in [0, 0.05) is 22.8 Å². The zero-order chi connectivity index (χ0) is 9.14. The molecule has 0 saturated carbocycles. The number of nitrogen functional groups attached to an aromatic ring is 1. The predicted molar refractivity (Wildman–Crippen MR) is 50.5 cm³/mol. The molecule has 1 atom stereocenters. The van der Waals surface area contributed by atoms with Gasteiger partial charge in [-0.2, -0.15) is 0 Å². The van der Waals surface area contributed by atoms with Gasteiger partial charge in [-0.25, -0.2) is 0 Å². The van der Waals surface area contributed by atoms with Crippen LogP contribution >= 0.6 is 15.9 Å². The van der Waals surface area contributed by atoms with E-state index in [2.05, 4.69) is 15.9 Å². The second-order valence-corrected chi connectivity index (χ2v) is 3.22. The van der Waals surface area contributed by atoms with Gasteiger partial charge in [0.05, 0.1) is 0 Å². The Morgan fingerprint density at radius 1 is 1.58 bits per heavy atom. The molecule has 0 heterocycles. The van der Waals surface area contributed by atoms with Crippen molar-refractivity contribution in [3.05, 3.63) is 28.2 Å². The number of halogens is 1. The number of methoxy groups -OCH3 is 1. The van der Waals surface area contributed by atoms with Gasteiger partial charge in [-0.15, -0.1) is 0 Å². The lowest BCUT2D eigenvalue weighted by Crippen LogP contribution is -1.99. The van der Waals surface area contributed by atoms with Crippen molar-refractivity contribution in [2.45, 2.75) is 6.29 Å². The monoisotopic (exact) mass is 231 g/mol. The Morgan fingerprint density at radius 2 is 2.25 bits per heavy atom. The molecule has 0 aliphatic heterocycles. The molecule has 0 amide bonds. The summed E-state index contributed by atoms with van der Waals surface area (Å²) < 4.78 is 5.49. The molecule has 0 radical (unpaired) electrons. The molecule has 0 aromatic heterocycles. The van der Waals surface area contributed by atoms with E-state index >= 15 is 0 Å². The SMILES string of the molecule is COC(O)c1ccc(N)c(Br)c1. The number of hydrogen-bond donors (Lipinski definition) is 2. The van der Waals surface area contributed by atoms with Gasteiger partial charge in [-0.1, -0.05) is 6.07 Å². The second kappa shape index (κ2) is 3.89. The standard InChI is InChI=1S/C8H10BrNO2/c1-12-8(11)5-2-3-7(10)6(9)4-5/h2-4,8,11H,10H2,1H3. The third kappa shape index (κ3) is 1.97. The van der Waals surface area contributed by atoms with Crippen molar-refractivity contribution < 1.29 is 9.84 Å². The van der Waals surface area contributed by atoms with Gasteiger partial charge in [-0.05, 0) is 28.1 Å². The van der Waals surface area contributed by atoms with E-state index in [1.54, 1.807) is 18.2 Å². The van der Waals surface area contributed by atoms with Crippen LogP contribution in [0.5, 0.6) is 0 Å². The topological polar surface area (TPSA) is 55.5 Å². The van der Waals surface area contributed by atoms with Gasteiger partial charge in [-0.3, -0.25) is 0 Å². The van der Waals surface area contributed by atoms with Crippen molar-refractivity contribution in [2.75, 3.05) is 12.8 Å². The first-order valence-corrected chi connectivity index (χ1v) is 4.20. The molecule has 3 N–H and O–H groups in total. The lowest BCUT2D eigenvalue weighted by molar-refractivity contribution is -0.0769. The van der Waals surface area contributed by atoms with Crippen LogP contribution in [0.15, 0.2) is 22.7 Å². The smallest absolute Gasteiger partial charge is 0.180 e. The highest BCUT2D eigenvalue weighted by atomic mass is 79.9. The van der Waals surface area contributed by atoms with Crippen LogP contribution in [0.3, 0.4) is 0 Å². The Bertz CT molecular complexity index is 278. The van der Waals surface area contributed by atoms with Crippen LogP contribution < -0.4 is 5.73 Å². The van der Waals surface area contributed by atoms with E-state index in [9.17, 15) is 5.11 Å². The molecule has 3 nitrogen and oxygen atoms in total. The summed E-state index contributed by atoms with van der Waals surface area (Å²) in [6.07, 6.45) is -0.887. The Morgan fingerprint density at radius 3 is 2.75 bits per heavy atom. The third-order valence-electron chi connectivity index (χ3n) is 1.53. The molecule has 0 saturated heterocycles. The van der Waals surface area contributed by atoms with E-state index in [0.717, 1.165) is 4.47 Å². The summed E-state index contributed by atoms with van der Waals surface area (Å²) in [6, 6.07) is 5.15. The maximum absolute atomic E-state index is 9.26. The highest BCUT2D eigenvalue weighted by molar-refractivity contribution is 9.10. The molecule has 1 rings (SSSR count). The van der Waals surface area contributed by atoms with Gasteiger partial charge in [0.25, 0.3) is 0 Å². The fraction of sp³-hybridized carbons (Fsp3) is 0.250. The predicted octanol–water partition coefficient (Wildman–Crippen LogP) is 1.67. The molecule has 66 valence electrons. The van der Waals surface area contributed by atoms with Crippen molar-refractivity contribution in [1.82, 2.24) is 0 Å². The number of aliphatic hydroxyl groups is 1. The summed E-state index contributed by atoms with van der Waals surface area (Å²) in [5.41, 5.74) is 6.88. The van der Waals surface area contributed by atoms with Crippen LogP contribution in [0, 0.1) is 0 Å². The average molecular weight is 232 g/mol. The van der Waals surface area contributed by atoms with Crippen molar-refractivity contribution in [3.8, 4) is 0 Å². The van der Waals surface area contributed by atoms with Crippen LogP contribution in [0.4, 0.5) is 5.69 Å². The molecule has 0 fully saturated rings. The Kier molecular flexibility index (Phi) is 3.08. The van der Waals surface area contributed by atoms with E-state index in [-0.39, 0.29) is 0 Å². The van der Waals surface area contributed by atoms with Gasteiger partial charge in [0.15, 0.2) is 6.29 Å². The minimum Gasteiger partial charge on any atom is -0.398 e. The fourth-order valence-electron chi connectivity index (χ4n) is 0.833. The van der Waals surface area contributed by atoms with Crippen LogP contribution in [0.1, 0.15) is 11.9 Å². The maximum atomic E-state index is 9.26. The molecule has 1 aromatic carbocycles. The quantitative estimate of drug-likeness (QED) is 0.602. The number of nitrogens with two attached hydrogens (primary N) is 1. The van der Waals surface area contributed by atoms with Crippen LogP contribution in [-0.4, -0.2) is 12.2 Å². The Labute approximate surface area is 79.3 Å². The largest absolute Gasteiger partial charge is 0.398 e. The van der Waals surface area contributed by atoms with Gasteiger partial charge in [0.1, 0.15) is 0 Å². The number of benzene rings is 1. The minimum absolute atomic E-state index is 0.641. The van der Waals surface area contributed by atoms with Crippen LogP contribution in [0.25, 0.3) is 0 Å². The van der Waals surface area contributed by atoms with E-state index < -0.39 is 6.29 Å². The number of hydrogen-bond acceptors (Lipinski definition) is 3. The van der Waals surface area contributed by atoms with E-state index in [1.165, 1.54) is 7.11 Å². The number of anilines is 1. The molecule has 12 heavy (non-hydrogen) atoms. The molecule has 0 bridgehead atoms. The fourth-order valence-corrected chi connectivity index (χ4v) is 1.23. The summed E-state index contributed by atoms with van der Waals surface area (Å²) in [4.78, 5) is 0. The van der Waals surface area contributed by atoms with E-state index in [0.29, 0.717) is 11.3 Å². The summed E-state index contributed by atoms with van der Waals surface area (Å²) in [6.45, 7) is 0. The first-order chi connectivity index (χ1) is 5.65. The molecular weight excluding hydrogens is 222 g/mol. The Balaban J connectivity index is 2.96. The van der Waals surface area contributed by atoms with Crippen LogP contribution in [-0.2, 0) is 4.74 Å². The highest BCUT2D eigenvalue weighted by Crippen LogP contribution is 2.23. The molecule has 1 unspecified atom stereocenters. The summed E-state index contributed by atoms with van der Waals surface area (Å²) in [5, 5.41) is 9.26. The minimum atomic E-state index is -0.887. The number of aliphatic hydroxyl groups excluding tert-OH is 1. The molecule has 4 heteroatoms. The molecule has 0 aliphatic rings. The first-order valence-electron chi connectivity index (χ1n) is 3.41. The molecular formula is C8H10BrNO2. The van der Waals surface area contributed by atoms with Gasteiger partial charge >= 0.3 is 0 Å². The zero-order valence-corrected chi connectivity index (χ0v) is 8.21. The van der Waals surface area contributed by atoms with Crippen molar-refractivity contribution in [3.63, 3.8) is 0 Å². The zero-order valence-electron chi connectivity index (χ0n) is 6.62. The number of ether oxygens (including phenoxy) is 1. The van der Waals surface area contributed by atoms with Crippen molar-refractivity contribution in [1.29, 1.82) is 0 Å². The van der Waals surface area contributed by atoms with Crippen molar-refractivity contribution in [2.24, 2.45) is 0 Å². The second-order valence-electron chi connectivity index (χ2n) is 2.37. The van der Waals surface area contributed by atoms with Gasteiger partial charge < -0.3 is 15.6 Å². The first kappa shape index (κ1) is 9.51. The average Bonchev–Trinajstić information content (AvgIpc) is 2.08.